The lowest BCUT2D eigenvalue weighted by molar-refractivity contribution is 0.0161. The summed E-state index contributed by atoms with van der Waals surface area (Å²) in [5.74, 6) is 0. The van der Waals surface area contributed by atoms with Crippen LogP contribution in [0, 0.1) is 0 Å². The number of carbonyl (C=O) groups excluding carboxylic acids is 1. The molecule has 1 aliphatic carbocycles. The van der Waals surface area contributed by atoms with Crippen LogP contribution in [0.1, 0.15) is 58.2 Å². The number of carbonyl (C=O) groups is 1. The van der Waals surface area contributed by atoms with Gasteiger partial charge in [0, 0.05) is 25.0 Å². The standard InChI is InChI=1S/C20H27N3O2/c1-19(2,3)25-18(24)22-13-10-20(11-14-22)17-9-6-12-23(17)16-8-5-4-7-15(16)21-20/h4,6-7,9,12,16H,5,8,10-11,13-14H2,1-3H3. The van der Waals surface area contributed by atoms with Crippen molar-refractivity contribution in [1.29, 1.82) is 0 Å². The fourth-order valence-electron chi connectivity index (χ4n) is 4.23. The Kier molecular flexibility index (Phi) is 3.78. The van der Waals surface area contributed by atoms with Crippen molar-refractivity contribution in [1.82, 2.24) is 9.47 Å². The molecule has 0 bridgehead atoms. The van der Waals surface area contributed by atoms with E-state index >= 15 is 0 Å². The molecule has 1 amide bonds. The van der Waals surface area contributed by atoms with Gasteiger partial charge >= 0.3 is 6.09 Å². The maximum Gasteiger partial charge on any atom is 0.410 e. The first-order chi connectivity index (χ1) is 11.9. The minimum atomic E-state index is -0.452. The van der Waals surface area contributed by atoms with Crippen LogP contribution in [-0.4, -0.2) is 40.0 Å². The fourth-order valence-corrected chi connectivity index (χ4v) is 4.23. The van der Waals surface area contributed by atoms with E-state index in [1.807, 2.05) is 25.7 Å². The minimum Gasteiger partial charge on any atom is -0.444 e. The van der Waals surface area contributed by atoms with Crippen molar-refractivity contribution >= 4 is 11.8 Å². The molecular weight excluding hydrogens is 314 g/mol. The highest BCUT2D eigenvalue weighted by molar-refractivity contribution is 5.99. The molecule has 1 unspecified atom stereocenters. The van der Waals surface area contributed by atoms with Gasteiger partial charge in [-0.2, -0.15) is 0 Å². The van der Waals surface area contributed by atoms with Crippen LogP contribution in [0.2, 0.25) is 0 Å². The van der Waals surface area contributed by atoms with Crippen molar-refractivity contribution in [2.24, 2.45) is 4.99 Å². The molecule has 0 radical (unpaired) electrons. The third-order valence-electron chi connectivity index (χ3n) is 5.41. The topological polar surface area (TPSA) is 46.8 Å². The highest BCUT2D eigenvalue weighted by Gasteiger charge is 2.44. The number of ether oxygens (including phenoxy) is 1. The molecule has 1 atom stereocenters. The smallest absolute Gasteiger partial charge is 0.410 e. The molecule has 0 saturated carbocycles. The summed E-state index contributed by atoms with van der Waals surface area (Å²) < 4.78 is 7.94. The van der Waals surface area contributed by atoms with Gasteiger partial charge in [0.05, 0.1) is 11.8 Å². The highest BCUT2D eigenvalue weighted by atomic mass is 16.6. The second-order valence-corrected chi connectivity index (χ2v) is 8.33. The second-order valence-electron chi connectivity index (χ2n) is 8.33. The van der Waals surface area contributed by atoms with Gasteiger partial charge in [-0.25, -0.2) is 4.79 Å². The Morgan fingerprint density at radius 3 is 2.80 bits per heavy atom. The molecular formula is C20H27N3O2. The average Bonchev–Trinajstić information content (AvgIpc) is 3.05. The van der Waals surface area contributed by atoms with E-state index in [9.17, 15) is 4.79 Å². The van der Waals surface area contributed by atoms with E-state index in [1.54, 1.807) is 0 Å². The van der Waals surface area contributed by atoms with E-state index in [-0.39, 0.29) is 11.6 Å². The quantitative estimate of drug-likeness (QED) is 0.714. The van der Waals surface area contributed by atoms with E-state index < -0.39 is 5.60 Å². The van der Waals surface area contributed by atoms with Crippen molar-refractivity contribution in [3.8, 4) is 0 Å². The largest absolute Gasteiger partial charge is 0.444 e. The Morgan fingerprint density at radius 1 is 1.32 bits per heavy atom. The number of piperidine rings is 1. The summed E-state index contributed by atoms with van der Waals surface area (Å²) in [5.41, 5.74) is 1.85. The number of allylic oxidation sites excluding steroid dienone is 2. The van der Waals surface area contributed by atoms with Gasteiger partial charge < -0.3 is 14.2 Å². The molecule has 5 nitrogen and oxygen atoms in total. The molecule has 25 heavy (non-hydrogen) atoms. The number of aromatic nitrogens is 1. The molecule has 1 saturated heterocycles. The van der Waals surface area contributed by atoms with Crippen molar-refractivity contribution in [2.75, 3.05) is 13.1 Å². The van der Waals surface area contributed by atoms with Gasteiger partial charge in [0.25, 0.3) is 0 Å². The normalized spacial score (nSPS) is 24.5. The van der Waals surface area contributed by atoms with E-state index in [4.69, 9.17) is 9.73 Å². The number of aliphatic imine (C=N–C) groups is 1. The SMILES string of the molecule is CC(C)(C)OC(=O)N1CCC2(CC1)N=C1C=CCCC1n1cccc12. The molecule has 0 aromatic carbocycles. The number of hydrogen-bond acceptors (Lipinski definition) is 3. The fraction of sp³-hybridized carbons (Fsp3) is 0.600. The molecule has 3 aliphatic rings. The van der Waals surface area contributed by atoms with Gasteiger partial charge in [0.15, 0.2) is 0 Å². The molecule has 2 aliphatic heterocycles. The number of rotatable bonds is 0. The Labute approximate surface area is 149 Å². The number of fused-ring (bicyclic) bond motifs is 4. The zero-order valence-electron chi connectivity index (χ0n) is 15.4. The van der Waals surface area contributed by atoms with Crippen LogP contribution in [0.3, 0.4) is 0 Å². The van der Waals surface area contributed by atoms with Crippen LogP contribution in [0.15, 0.2) is 35.5 Å². The lowest BCUT2D eigenvalue weighted by atomic mass is 9.81. The summed E-state index contributed by atoms with van der Waals surface area (Å²) in [6, 6.07) is 4.72. The van der Waals surface area contributed by atoms with E-state index in [1.165, 1.54) is 11.4 Å². The average molecular weight is 341 g/mol. The summed E-state index contributed by atoms with van der Waals surface area (Å²) in [6.07, 6.45) is 10.3. The van der Waals surface area contributed by atoms with Crippen LogP contribution in [0.5, 0.6) is 0 Å². The molecule has 134 valence electrons. The predicted molar refractivity (Wildman–Crippen MR) is 98.0 cm³/mol. The van der Waals surface area contributed by atoms with Crippen molar-refractivity contribution in [2.45, 2.75) is 63.6 Å². The summed E-state index contributed by atoms with van der Waals surface area (Å²) in [6.45, 7) is 7.10. The van der Waals surface area contributed by atoms with Gasteiger partial charge in [-0.15, -0.1) is 0 Å². The Balaban J connectivity index is 1.57. The van der Waals surface area contributed by atoms with Crippen LogP contribution < -0.4 is 0 Å². The minimum absolute atomic E-state index is 0.199. The maximum atomic E-state index is 12.4. The maximum absolute atomic E-state index is 12.4. The van der Waals surface area contributed by atoms with Crippen molar-refractivity contribution in [3.63, 3.8) is 0 Å². The van der Waals surface area contributed by atoms with Crippen LogP contribution in [0.25, 0.3) is 0 Å². The number of hydrogen-bond donors (Lipinski definition) is 0. The number of amides is 1. The molecule has 5 heteroatoms. The summed E-state index contributed by atoms with van der Waals surface area (Å²) in [7, 11) is 0. The van der Waals surface area contributed by atoms with Crippen molar-refractivity contribution < 1.29 is 9.53 Å². The van der Waals surface area contributed by atoms with Crippen LogP contribution >= 0.6 is 0 Å². The zero-order chi connectivity index (χ0) is 17.7. The Morgan fingerprint density at radius 2 is 2.08 bits per heavy atom. The Bertz CT molecular complexity index is 730. The molecule has 3 heterocycles. The van der Waals surface area contributed by atoms with Gasteiger partial charge in [0.2, 0.25) is 0 Å². The third-order valence-corrected chi connectivity index (χ3v) is 5.41. The summed E-state index contributed by atoms with van der Waals surface area (Å²) in [5, 5.41) is 0. The second kappa shape index (κ2) is 5.75. The van der Waals surface area contributed by atoms with Crippen LogP contribution in [0.4, 0.5) is 4.79 Å². The van der Waals surface area contributed by atoms with Crippen LogP contribution in [-0.2, 0) is 10.3 Å². The monoisotopic (exact) mass is 341 g/mol. The van der Waals surface area contributed by atoms with Gasteiger partial charge in [0.1, 0.15) is 11.1 Å². The molecule has 4 rings (SSSR count). The van der Waals surface area contributed by atoms with E-state index in [0.29, 0.717) is 19.1 Å². The zero-order valence-corrected chi connectivity index (χ0v) is 15.4. The van der Waals surface area contributed by atoms with E-state index in [2.05, 4.69) is 35.0 Å². The lowest BCUT2D eigenvalue weighted by Gasteiger charge is -2.44. The lowest BCUT2D eigenvalue weighted by Crippen LogP contribution is -2.49. The summed E-state index contributed by atoms with van der Waals surface area (Å²) in [4.78, 5) is 19.4. The number of nitrogens with zero attached hydrogens (tertiary/aromatic N) is 3. The van der Waals surface area contributed by atoms with E-state index in [0.717, 1.165) is 25.7 Å². The molecule has 1 spiro atoms. The van der Waals surface area contributed by atoms with Gasteiger partial charge in [-0.1, -0.05) is 6.08 Å². The first kappa shape index (κ1) is 16.4. The summed E-state index contributed by atoms with van der Waals surface area (Å²) >= 11 is 0. The molecule has 1 fully saturated rings. The first-order valence-corrected chi connectivity index (χ1v) is 9.30. The molecule has 1 aromatic rings. The Hall–Kier alpha value is -2.04. The molecule has 1 aromatic heterocycles. The molecule has 0 N–H and O–H groups in total. The van der Waals surface area contributed by atoms with Crippen molar-refractivity contribution in [3.05, 3.63) is 36.2 Å². The predicted octanol–water partition coefficient (Wildman–Crippen LogP) is 4.06. The number of likely N-dealkylation sites (tertiary alicyclic amines) is 1. The third kappa shape index (κ3) is 2.90. The highest BCUT2D eigenvalue weighted by Crippen LogP contribution is 2.44. The van der Waals surface area contributed by atoms with Gasteiger partial charge in [-0.3, -0.25) is 4.99 Å². The van der Waals surface area contributed by atoms with Gasteiger partial charge in [-0.05, 0) is 64.7 Å². The first-order valence-electron chi connectivity index (χ1n) is 9.30.